The van der Waals surface area contributed by atoms with E-state index in [1.54, 1.807) is 0 Å². The van der Waals surface area contributed by atoms with Crippen LogP contribution in [0, 0.1) is 17.8 Å². The van der Waals surface area contributed by atoms with Gasteiger partial charge < -0.3 is 53.1 Å². The van der Waals surface area contributed by atoms with Crippen LogP contribution in [0.5, 0.6) is 0 Å². The molecule has 2 aliphatic carbocycles. The van der Waals surface area contributed by atoms with Gasteiger partial charge in [0.2, 0.25) is 5.91 Å². The largest absolute Gasteiger partial charge is 0.459 e. The van der Waals surface area contributed by atoms with Crippen molar-refractivity contribution < 1.29 is 58.7 Å². The fourth-order valence-electron chi connectivity index (χ4n) is 10.2. The molecule has 7 rings (SSSR count). The summed E-state index contributed by atoms with van der Waals surface area (Å²) in [5, 5.41) is 18.6. The first-order chi connectivity index (χ1) is 34.6. The van der Waals surface area contributed by atoms with Crippen molar-refractivity contribution in [2.75, 3.05) is 19.8 Å². The Morgan fingerprint density at radius 2 is 1.43 bits per heavy atom. The third-order valence-corrected chi connectivity index (χ3v) is 14.2. The Bertz CT molecular complexity index is 2090. The van der Waals surface area contributed by atoms with E-state index in [0.717, 1.165) is 61.6 Å². The van der Waals surface area contributed by atoms with E-state index in [9.17, 15) is 14.7 Å². The second kappa shape index (κ2) is 27.4. The van der Waals surface area contributed by atoms with Gasteiger partial charge in [0.1, 0.15) is 43.6 Å². The molecule has 14 atom stereocenters. The number of hydrogen-bond acceptors (Lipinski definition) is 13. The quantitative estimate of drug-likeness (QED) is 0.0303. The zero-order chi connectivity index (χ0) is 50.0. The van der Waals surface area contributed by atoms with Crippen molar-refractivity contribution >= 4 is 11.9 Å². The molecule has 0 radical (unpaired) electrons. The maximum atomic E-state index is 14.2. The van der Waals surface area contributed by atoms with Gasteiger partial charge in [-0.1, -0.05) is 148 Å². The highest BCUT2D eigenvalue weighted by molar-refractivity contribution is 5.78. The summed E-state index contributed by atoms with van der Waals surface area (Å²) >= 11 is 0. The third kappa shape index (κ3) is 15.0. The van der Waals surface area contributed by atoms with E-state index < -0.39 is 85.9 Å². The van der Waals surface area contributed by atoms with E-state index in [0.29, 0.717) is 26.1 Å². The summed E-state index contributed by atoms with van der Waals surface area (Å²) in [7, 11) is 0. The van der Waals surface area contributed by atoms with E-state index in [2.05, 4.69) is 29.2 Å². The fraction of sp³-hybridized carbons (Fsp3) is 0.630. The van der Waals surface area contributed by atoms with E-state index in [-0.39, 0.29) is 50.6 Å². The number of azide groups is 1. The molecule has 3 aromatic carbocycles. The van der Waals surface area contributed by atoms with Crippen LogP contribution in [0.15, 0.2) is 96.1 Å². The maximum absolute atomic E-state index is 14.2. The number of carbonyl (C=O) groups excluding carboxylic acids is 2. The van der Waals surface area contributed by atoms with Crippen molar-refractivity contribution in [3.8, 4) is 0 Å². The van der Waals surface area contributed by atoms with Crippen molar-refractivity contribution in [1.29, 1.82) is 0 Å². The van der Waals surface area contributed by atoms with Gasteiger partial charge >= 0.3 is 5.97 Å². The van der Waals surface area contributed by atoms with Crippen molar-refractivity contribution in [2.45, 2.75) is 179 Å². The van der Waals surface area contributed by atoms with Crippen molar-refractivity contribution in [2.24, 2.45) is 22.9 Å². The number of carbonyl (C=O) groups is 2. The molecule has 16 heteroatoms. The molecule has 2 heterocycles. The molecule has 382 valence electrons. The molecule has 3 aromatic rings. The smallest absolute Gasteiger partial charge is 0.335 e. The van der Waals surface area contributed by atoms with Crippen molar-refractivity contribution in [1.82, 2.24) is 5.32 Å². The van der Waals surface area contributed by atoms with Crippen LogP contribution in [0.4, 0.5) is 0 Å². The van der Waals surface area contributed by atoms with Gasteiger partial charge in [0.05, 0.1) is 44.2 Å². The number of amides is 1. The van der Waals surface area contributed by atoms with E-state index in [1.165, 1.54) is 0 Å². The molecule has 70 heavy (non-hydrogen) atoms. The van der Waals surface area contributed by atoms with E-state index in [4.69, 9.17) is 49.5 Å². The predicted molar refractivity (Wildman–Crippen MR) is 259 cm³/mol. The third-order valence-electron chi connectivity index (χ3n) is 14.2. The Morgan fingerprint density at radius 1 is 0.786 bits per heavy atom. The van der Waals surface area contributed by atoms with Crippen LogP contribution in [-0.4, -0.2) is 110 Å². The molecule has 4 aliphatic rings. The second-order valence-electron chi connectivity index (χ2n) is 19.3. The molecular formula is C54H74N4O12. The average molecular weight is 973 g/mol. The number of nitrogens with zero attached hydrogens (tertiary/aromatic N) is 3. The number of aliphatic hydroxyl groups is 1. The lowest BCUT2D eigenvalue weighted by atomic mass is 9.84. The molecule has 2 aliphatic heterocycles. The minimum absolute atomic E-state index is 0.0177. The topological polar surface area (TPSA) is 198 Å². The Morgan fingerprint density at radius 3 is 2.07 bits per heavy atom. The number of aliphatic hydroxyl groups excluding tert-OH is 1. The molecule has 2 saturated heterocycles. The van der Waals surface area contributed by atoms with Gasteiger partial charge in [-0.15, -0.1) is 0 Å². The molecule has 0 aromatic heterocycles. The zero-order valence-electron chi connectivity index (χ0n) is 41.9. The van der Waals surface area contributed by atoms with Crippen LogP contribution in [0.2, 0.25) is 0 Å². The molecule has 4 fully saturated rings. The molecule has 2 N–H and O–H groups in total. The minimum Gasteiger partial charge on any atom is -0.459 e. The lowest BCUT2D eigenvalue weighted by Crippen LogP contribution is -2.67. The monoisotopic (exact) mass is 973 g/mol. The van der Waals surface area contributed by atoms with Crippen LogP contribution in [-0.2, 0) is 72.0 Å². The van der Waals surface area contributed by atoms with E-state index in [1.807, 2.05) is 97.9 Å². The molecule has 0 bridgehead atoms. The number of nitrogens with one attached hydrogen (secondary N) is 1. The van der Waals surface area contributed by atoms with Crippen LogP contribution in [0.3, 0.4) is 0 Å². The fourth-order valence-corrected chi connectivity index (χ4v) is 10.2. The van der Waals surface area contributed by atoms with Crippen LogP contribution < -0.4 is 5.32 Å². The van der Waals surface area contributed by atoms with Gasteiger partial charge in [-0.2, -0.15) is 0 Å². The minimum atomic E-state index is -1.45. The van der Waals surface area contributed by atoms with Gasteiger partial charge in [-0.25, -0.2) is 4.79 Å². The lowest BCUT2D eigenvalue weighted by Gasteiger charge is -2.49. The predicted octanol–water partition coefficient (Wildman–Crippen LogP) is 8.51. The summed E-state index contributed by atoms with van der Waals surface area (Å²) < 4.78 is 67.2. The molecule has 5 unspecified atom stereocenters. The highest BCUT2D eigenvalue weighted by Crippen LogP contribution is 2.39. The molecular weight excluding hydrogens is 897 g/mol. The highest BCUT2D eigenvalue weighted by atomic mass is 16.7. The Balaban J connectivity index is 1.18. The van der Waals surface area contributed by atoms with Crippen LogP contribution >= 0.6 is 0 Å². The standard InChI is InChI=1S/C54H74N4O12/c1-5-62-34-44-47(60)50(67-43(29-38-20-10-6-11-21-38)52(61)65-33-41-26-16-9-17-27-41)46(57-45(59)30-56-58-55)53(69-44)68-42-28-18-19-35(2)48(42)70-54-51(64-32-40-24-14-8-15-25-40)49(36(3)37(4)66-54)63-31-39-22-12-7-13-23-39/h7-9,12-17,22-27,35-38,42-44,46-51,53-54,60H,5-6,10-11,18-21,28-34H2,1-4H3,(H,57,59)/t35?,36-,37?,42-,43+,44+,46?,47+,48-,49+,50?,51?,53-,54+/m1/s1/i1T. The maximum Gasteiger partial charge on any atom is 0.335 e. The summed E-state index contributed by atoms with van der Waals surface area (Å²) in [5.74, 6) is -1.21. The summed E-state index contributed by atoms with van der Waals surface area (Å²) in [4.78, 5) is 30.6. The van der Waals surface area contributed by atoms with Crippen molar-refractivity contribution in [3.05, 3.63) is 118 Å². The number of benzene rings is 3. The summed E-state index contributed by atoms with van der Waals surface area (Å²) in [6.45, 7) is 6.25. The molecule has 0 spiro atoms. The number of hydrogen-bond donors (Lipinski definition) is 2. The summed E-state index contributed by atoms with van der Waals surface area (Å²) in [6.07, 6.45) is -2.20. The first kappa shape index (κ1) is 51.9. The van der Waals surface area contributed by atoms with Gasteiger partial charge in [0, 0.05) is 18.8 Å². The van der Waals surface area contributed by atoms with Crippen LogP contribution in [0.1, 0.15) is 104 Å². The number of rotatable bonds is 23. The Hall–Kier alpha value is -4.45. The highest BCUT2D eigenvalue weighted by Gasteiger charge is 2.52. The van der Waals surface area contributed by atoms with E-state index >= 15 is 0 Å². The Labute approximate surface area is 414 Å². The lowest BCUT2D eigenvalue weighted by molar-refractivity contribution is -0.340. The normalized spacial score (nSPS) is 31.1. The molecule has 1 amide bonds. The summed E-state index contributed by atoms with van der Waals surface area (Å²) in [6, 6.07) is 28.1. The first-order valence-electron chi connectivity index (χ1n) is 26.0. The summed E-state index contributed by atoms with van der Waals surface area (Å²) in [5.41, 5.74) is 12.0. The first-order valence-corrected chi connectivity index (χ1v) is 25.3. The molecule has 16 nitrogen and oxygen atoms in total. The van der Waals surface area contributed by atoms with Crippen LogP contribution in [0.25, 0.3) is 10.4 Å². The number of ether oxygens (including phenoxy) is 9. The van der Waals surface area contributed by atoms with Gasteiger partial charge in [0.15, 0.2) is 18.7 Å². The van der Waals surface area contributed by atoms with Gasteiger partial charge in [-0.3, -0.25) is 4.79 Å². The zero-order valence-corrected chi connectivity index (χ0v) is 40.9. The number of esters is 1. The van der Waals surface area contributed by atoms with Gasteiger partial charge in [-0.05, 0) is 67.1 Å². The molecule has 2 saturated carbocycles. The average Bonchev–Trinajstić information content (AvgIpc) is 3.39. The van der Waals surface area contributed by atoms with Gasteiger partial charge in [0.25, 0.3) is 0 Å². The second-order valence-corrected chi connectivity index (χ2v) is 19.3. The Kier molecular flexibility index (Phi) is 20.3. The SMILES string of the molecule is [3H]CCOC[C@@H]1O[C@@H](O[C@@H]2CCCC(C)[C@H]2O[C@@H]2OC(C)[C@@H](C)[C@H](OCc3ccccc3)C2OCc2ccccc2)C(NC(=O)CN=[N+]=[N-])C(O[C@@H](CC2CCCCC2)C(=O)OCc2ccccc2)[C@H]1O. The van der Waals surface area contributed by atoms with Crippen molar-refractivity contribution in [3.63, 3.8) is 0 Å².